The van der Waals surface area contributed by atoms with Crippen molar-refractivity contribution in [3.63, 3.8) is 0 Å². The third-order valence-corrected chi connectivity index (χ3v) is 4.83. The molecule has 0 aliphatic heterocycles. The van der Waals surface area contributed by atoms with Crippen LogP contribution in [0.4, 0.5) is 5.69 Å². The van der Waals surface area contributed by atoms with Crippen molar-refractivity contribution in [2.75, 3.05) is 12.4 Å². The van der Waals surface area contributed by atoms with Gasteiger partial charge in [0.05, 0.1) is 18.3 Å². The molecule has 6 heteroatoms. The van der Waals surface area contributed by atoms with E-state index in [4.69, 9.17) is 4.74 Å². The van der Waals surface area contributed by atoms with Crippen LogP contribution in [0.25, 0.3) is 5.69 Å². The summed E-state index contributed by atoms with van der Waals surface area (Å²) in [5.41, 5.74) is 1.78. The molecule has 1 saturated carbocycles. The fourth-order valence-corrected chi connectivity index (χ4v) is 3.56. The van der Waals surface area contributed by atoms with Gasteiger partial charge in [-0.05, 0) is 59.7 Å². The van der Waals surface area contributed by atoms with E-state index in [0.29, 0.717) is 0 Å². The lowest BCUT2D eigenvalue weighted by Gasteiger charge is -2.30. The first kappa shape index (κ1) is 15.6. The molecular formula is C19H21N5O. The van der Waals surface area contributed by atoms with Gasteiger partial charge in [0, 0.05) is 5.69 Å². The third kappa shape index (κ3) is 2.95. The predicted octanol–water partition coefficient (Wildman–Crippen LogP) is 3.55. The zero-order chi connectivity index (χ0) is 17.1. The van der Waals surface area contributed by atoms with Crippen molar-refractivity contribution < 1.29 is 4.74 Å². The van der Waals surface area contributed by atoms with Crippen molar-refractivity contribution in [2.45, 2.75) is 31.2 Å². The Balaban J connectivity index is 1.72. The van der Waals surface area contributed by atoms with Crippen LogP contribution in [-0.2, 0) is 5.54 Å². The first-order valence-electron chi connectivity index (χ1n) is 8.57. The molecule has 2 aromatic carbocycles. The molecular weight excluding hydrogens is 314 g/mol. The van der Waals surface area contributed by atoms with Crippen molar-refractivity contribution in [2.24, 2.45) is 0 Å². The van der Waals surface area contributed by atoms with E-state index in [9.17, 15) is 0 Å². The summed E-state index contributed by atoms with van der Waals surface area (Å²) >= 11 is 0. The average Bonchev–Trinajstić information content (AvgIpc) is 3.33. The maximum atomic E-state index is 5.24. The zero-order valence-corrected chi connectivity index (χ0v) is 14.2. The zero-order valence-electron chi connectivity index (χ0n) is 14.2. The van der Waals surface area contributed by atoms with Gasteiger partial charge in [-0.3, -0.25) is 0 Å². The Hall–Kier alpha value is -2.89. The second kappa shape index (κ2) is 6.55. The molecule has 1 aliphatic rings. The lowest BCUT2D eigenvalue weighted by atomic mass is 9.95. The van der Waals surface area contributed by atoms with Crippen LogP contribution in [-0.4, -0.2) is 27.3 Å². The fourth-order valence-electron chi connectivity index (χ4n) is 3.56. The van der Waals surface area contributed by atoms with Crippen LogP contribution in [0.5, 0.6) is 5.75 Å². The lowest BCUT2D eigenvalue weighted by molar-refractivity contribution is 0.414. The summed E-state index contributed by atoms with van der Waals surface area (Å²) in [6, 6.07) is 18.1. The Morgan fingerprint density at radius 2 is 1.72 bits per heavy atom. The Labute approximate surface area is 146 Å². The van der Waals surface area contributed by atoms with E-state index in [2.05, 4.69) is 33.0 Å². The first-order chi connectivity index (χ1) is 12.3. The molecule has 1 aromatic heterocycles. The number of hydrogen-bond donors (Lipinski definition) is 1. The van der Waals surface area contributed by atoms with Crippen LogP contribution in [0.2, 0.25) is 0 Å². The summed E-state index contributed by atoms with van der Waals surface area (Å²) < 4.78 is 7.08. The van der Waals surface area contributed by atoms with Crippen LogP contribution < -0.4 is 10.1 Å². The molecule has 3 aromatic rings. The highest BCUT2D eigenvalue weighted by molar-refractivity contribution is 5.47. The van der Waals surface area contributed by atoms with Gasteiger partial charge in [0.2, 0.25) is 0 Å². The monoisotopic (exact) mass is 335 g/mol. The van der Waals surface area contributed by atoms with Crippen LogP contribution in [0.1, 0.15) is 31.5 Å². The molecule has 128 valence electrons. The summed E-state index contributed by atoms with van der Waals surface area (Å²) in [6.07, 6.45) is 4.35. The minimum absolute atomic E-state index is 0.245. The quantitative estimate of drug-likeness (QED) is 0.772. The number of anilines is 1. The van der Waals surface area contributed by atoms with E-state index in [-0.39, 0.29) is 5.54 Å². The maximum absolute atomic E-state index is 5.24. The summed E-state index contributed by atoms with van der Waals surface area (Å²) in [4.78, 5) is 0. The summed E-state index contributed by atoms with van der Waals surface area (Å²) in [7, 11) is 1.66. The van der Waals surface area contributed by atoms with Gasteiger partial charge in [-0.25, -0.2) is 0 Å². The van der Waals surface area contributed by atoms with Crippen molar-refractivity contribution in [1.29, 1.82) is 0 Å². The molecule has 4 rings (SSSR count). The minimum Gasteiger partial charge on any atom is -0.497 e. The summed E-state index contributed by atoms with van der Waals surface area (Å²) in [6.45, 7) is 0. The number of methoxy groups -OCH3 is 1. The smallest absolute Gasteiger partial charge is 0.181 e. The van der Waals surface area contributed by atoms with E-state index < -0.39 is 0 Å². The van der Waals surface area contributed by atoms with Gasteiger partial charge in [-0.15, -0.1) is 5.10 Å². The number of para-hydroxylation sites is 1. The summed E-state index contributed by atoms with van der Waals surface area (Å²) in [5.74, 6) is 1.68. The molecule has 25 heavy (non-hydrogen) atoms. The lowest BCUT2D eigenvalue weighted by Crippen LogP contribution is -2.35. The number of nitrogens with zero attached hydrogens (tertiary/aromatic N) is 4. The second-order valence-electron chi connectivity index (χ2n) is 6.39. The molecule has 0 unspecified atom stereocenters. The van der Waals surface area contributed by atoms with E-state index >= 15 is 0 Å². The predicted molar refractivity (Wildman–Crippen MR) is 95.9 cm³/mol. The van der Waals surface area contributed by atoms with Crippen molar-refractivity contribution in [3.8, 4) is 11.4 Å². The van der Waals surface area contributed by atoms with Gasteiger partial charge < -0.3 is 10.1 Å². The van der Waals surface area contributed by atoms with Crippen molar-refractivity contribution in [1.82, 2.24) is 20.2 Å². The highest BCUT2D eigenvalue weighted by Gasteiger charge is 2.40. The number of aromatic nitrogens is 4. The molecule has 0 amide bonds. The Kier molecular flexibility index (Phi) is 4.09. The number of rotatable bonds is 5. The highest BCUT2D eigenvalue weighted by Crippen LogP contribution is 2.41. The van der Waals surface area contributed by atoms with E-state index in [1.165, 1.54) is 0 Å². The van der Waals surface area contributed by atoms with Gasteiger partial charge in [0.1, 0.15) is 5.75 Å². The molecule has 1 N–H and O–H groups in total. The Morgan fingerprint density at radius 3 is 2.40 bits per heavy atom. The SMILES string of the molecule is COc1ccc(-n2nnnc2C2(Nc3ccccc3)CCCC2)cc1. The van der Waals surface area contributed by atoms with Crippen molar-refractivity contribution >= 4 is 5.69 Å². The molecule has 1 fully saturated rings. The topological polar surface area (TPSA) is 64.9 Å². The first-order valence-corrected chi connectivity index (χ1v) is 8.57. The molecule has 0 saturated heterocycles. The normalized spacial score (nSPS) is 15.9. The van der Waals surface area contributed by atoms with E-state index in [1.807, 2.05) is 47.1 Å². The fraction of sp³-hybridized carbons (Fsp3) is 0.316. The average molecular weight is 335 g/mol. The number of hydrogen-bond acceptors (Lipinski definition) is 5. The van der Waals surface area contributed by atoms with E-state index in [1.54, 1.807) is 7.11 Å². The summed E-state index contributed by atoms with van der Waals surface area (Å²) in [5, 5.41) is 16.3. The minimum atomic E-state index is -0.245. The Bertz CT molecular complexity index is 823. The van der Waals surface area contributed by atoms with Crippen LogP contribution in [0.15, 0.2) is 54.6 Å². The van der Waals surface area contributed by atoms with E-state index in [0.717, 1.165) is 48.6 Å². The van der Waals surface area contributed by atoms with Gasteiger partial charge in [-0.1, -0.05) is 31.0 Å². The van der Waals surface area contributed by atoms with Crippen LogP contribution in [0, 0.1) is 0 Å². The molecule has 0 radical (unpaired) electrons. The van der Waals surface area contributed by atoms with Crippen molar-refractivity contribution in [3.05, 3.63) is 60.4 Å². The number of nitrogens with one attached hydrogen (secondary N) is 1. The van der Waals surface area contributed by atoms with Gasteiger partial charge in [0.15, 0.2) is 5.82 Å². The molecule has 0 spiro atoms. The number of ether oxygens (including phenoxy) is 1. The van der Waals surface area contributed by atoms with Gasteiger partial charge >= 0.3 is 0 Å². The molecule has 0 atom stereocenters. The molecule has 1 heterocycles. The maximum Gasteiger partial charge on any atom is 0.181 e. The largest absolute Gasteiger partial charge is 0.497 e. The molecule has 0 bridgehead atoms. The number of tetrazole rings is 1. The highest BCUT2D eigenvalue weighted by atomic mass is 16.5. The Morgan fingerprint density at radius 1 is 1.00 bits per heavy atom. The van der Waals surface area contributed by atoms with Gasteiger partial charge in [0.25, 0.3) is 0 Å². The van der Waals surface area contributed by atoms with Gasteiger partial charge in [-0.2, -0.15) is 4.68 Å². The molecule has 6 nitrogen and oxygen atoms in total. The standard InChI is InChI=1S/C19H21N5O/c1-25-17-11-9-16(10-12-17)24-18(21-22-23-24)19(13-5-6-14-19)20-15-7-3-2-4-8-15/h2-4,7-12,20H,5-6,13-14H2,1H3. The third-order valence-electron chi connectivity index (χ3n) is 4.83. The van der Waals surface area contributed by atoms with Crippen LogP contribution >= 0.6 is 0 Å². The second-order valence-corrected chi connectivity index (χ2v) is 6.39. The van der Waals surface area contributed by atoms with Crippen LogP contribution in [0.3, 0.4) is 0 Å². The molecule has 1 aliphatic carbocycles. The number of benzene rings is 2.